The Hall–Kier alpha value is -2.86. The largest absolute Gasteiger partial charge is 0.469 e. The molecule has 0 bridgehead atoms. The number of anilines is 1. The van der Waals surface area contributed by atoms with Gasteiger partial charge in [0.2, 0.25) is 11.8 Å². The second-order valence-corrected chi connectivity index (χ2v) is 6.98. The lowest BCUT2D eigenvalue weighted by molar-refractivity contribution is -0.139. The topological polar surface area (TPSA) is 75.7 Å². The molecule has 1 N–H and O–H groups in total. The number of hydrogen-bond acceptors (Lipinski definition) is 4. The van der Waals surface area contributed by atoms with Gasteiger partial charge >= 0.3 is 5.97 Å². The van der Waals surface area contributed by atoms with Gasteiger partial charge in [0, 0.05) is 23.8 Å². The number of ether oxygens (including phenoxy) is 1. The predicted molar refractivity (Wildman–Crippen MR) is 106 cm³/mol. The lowest BCUT2D eigenvalue weighted by Gasteiger charge is -2.17. The van der Waals surface area contributed by atoms with E-state index in [0.717, 1.165) is 16.8 Å². The third-order valence-corrected chi connectivity index (χ3v) is 5.05. The van der Waals surface area contributed by atoms with Crippen molar-refractivity contribution in [1.82, 2.24) is 5.32 Å². The van der Waals surface area contributed by atoms with E-state index in [4.69, 9.17) is 16.3 Å². The molecule has 1 atom stereocenters. The first kappa shape index (κ1) is 19.9. The van der Waals surface area contributed by atoms with Gasteiger partial charge in [0.1, 0.15) is 5.92 Å². The Morgan fingerprint density at radius 2 is 1.82 bits per heavy atom. The van der Waals surface area contributed by atoms with Gasteiger partial charge in [-0.3, -0.25) is 14.4 Å². The molecule has 2 amide bonds. The van der Waals surface area contributed by atoms with E-state index in [-0.39, 0.29) is 30.7 Å². The van der Waals surface area contributed by atoms with Crippen molar-refractivity contribution in [3.8, 4) is 0 Å². The van der Waals surface area contributed by atoms with Crippen molar-refractivity contribution < 1.29 is 19.1 Å². The maximum Gasteiger partial charge on any atom is 0.309 e. The van der Waals surface area contributed by atoms with E-state index < -0.39 is 5.92 Å². The van der Waals surface area contributed by atoms with Crippen molar-refractivity contribution in [2.24, 2.45) is 5.92 Å². The van der Waals surface area contributed by atoms with Gasteiger partial charge in [-0.2, -0.15) is 0 Å². The van der Waals surface area contributed by atoms with Crippen LogP contribution in [0.4, 0.5) is 5.69 Å². The number of carbonyl (C=O) groups excluding carboxylic acids is 3. The van der Waals surface area contributed by atoms with Gasteiger partial charge in [0.05, 0.1) is 13.5 Å². The van der Waals surface area contributed by atoms with Crippen molar-refractivity contribution in [2.45, 2.75) is 19.4 Å². The number of halogens is 1. The highest BCUT2D eigenvalue weighted by Gasteiger charge is 2.37. The molecule has 0 aliphatic carbocycles. The summed E-state index contributed by atoms with van der Waals surface area (Å²) >= 11 is 5.89. The number of nitrogens with zero attached hydrogens (tertiary/aromatic N) is 1. The summed E-state index contributed by atoms with van der Waals surface area (Å²) in [5.74, 6) is -1.59. The van der Waals surface area contributed by atoms with E-state index in [1.165, 1.54) is 7.11 Å². The lowest BCUT2D eigenvalue weighted by Crippen LogP contribution is -2.36. The molecule has 1 heterocycles. The van der Waals surface area contributed by atoms with Crippen LogP contribution in [0.5, 0.6) is 0 Å². The molecule has 1 saturated heterocycles. The molecule has 6 nitrogen and oxygen atoms in total. The van der Waals surface area contributed by atoms with Crippen molar-refractivity contribution in [3.63, 3.8) is 0 Å². The van der Waals surface area contributed by atoms with Gasteiger partial charge in [-0.25, -0.2) is 0 Å². The Kier molecular flexibility index (Phi) is 6.31. The summed E-state index contributed by atoms with van der Waals surface area (Å²) in [7, 11) is 1.34. The minimum atomic E-state index is -0.719. The molecule has 28 heavy (non-hydrogen) atoms. The van der Waals surface area contributed by atoms with Crippen LogP contribution in [0.15, 0.2) is 48.5 Å². The molecule has 2 aromatic carbocycles. The van der Waals surface area contributed by atoms with Crippen LogP contribution in [-0.2, 0) is 32.1 Å². The normalized spacial score (nSPS) is 16.1. The number of carbonyl (C=O) groups is 3. The molecule has 0 unspecified atom stereocenters. The van der Waals surface area contributed by atoms with E-state index in [0.29, 0.717) is 18.0 Å². The van der Waals surface area contributed by atoms with Crippen LogP contribution in [0, 0.1) is 5.92 Å². The number of rotatable bonds is 6. The average Bonchev–Trinajstić information content (AvgIpc) is 3.09. The molecule has 1 aliphatic heterocycles. The summed E-state index contributed by atoms with van der Waals surface area (Å²) in [4.78, 5) is 38.4. The first-order chi connectivity index (χ1) is 13.5. The fourth-order valence-corrected chi connectivity index (χ4v) is 3.36. The molecule has 1 fully saturated rings. The first-order valence-electron chi connectivity index (χ1n) is 8.98. The summed E-state index contributed by atoms with van der Waals surface area (Å²) in [5, 5.41) is 3.42. The second-order valence-electron chi connectivity index (χ2n) is 6.55. The molecule has 0 radical (unpaired) electrons. The Morgan fingerprint density at radius 3 is 2.50 bits per heavy atom. The molecule has 0 spiro atoms. The standard InChI is InChI=1S/C21H21ClN2O4/c1-28-19(25)12-14-4-2-3-5-15(14)13-23-20(26)18-10-11-24(21(18)27)17-8-6-16(22)7-9-17/h2-9,18H,10-13H2,1H3,(H,23,26)/t18-/m1/s1. The summed E-state index contributed by atoms with van der Waals surface area (Å²) < 4.78 is 4.71. The van der Waals surface area contributed by atoms with E-state index >= 15 is 0 Å². The molecule has 146 valence electrons. The molecular formula is C21H21ClN2O4. The van der Waals surface area contributed by atoms with Gasteiger partial charge in [0.15, 0.2) is 0 Å². The molecule has 1 aliphatic rings. The van der Waals surface area contributed by atoms with Crippen LogP contribution in [0.3, 0.4) is 0 Å². The van der Waals surface area contributed by atoms with E-state index in [1.807, 2.05) is 24.3 Å². The minimum absolute atomic E-state index is 0.134. The van der Waals surface area contributed by atoms with Gasteiger partial charge in [0.25, 0.3) is 0 Å². The van der Waals surface area contributed by atoms with Crippen molar-refractivity contribution in [3.05, 3.63) is 64.7 Å². The zero-order valence-electron chi connectivity index (χ0n) is 15.5. The van der Waals surface area contributed by atoms with E-state index in [2.05, 4.69) is 5.32 Å². The fraction of sp³-hybridized carbons (Fsp3) is 0.286. The predicted octanol–water partition coefficient (Wildman–Crippen LogP) is 2.72. The number of methoxy groups -OCH3 is 1. The molecule has 3 rings (SSSR count). The quantitative estimate of drug-likeness (QED) is 0.597. The third-order valence-electron chi connectivity index (χ3n) is 4.79. The third kappa shape index (κ3) is 4.51. The Bertz CT molecular complexity index is 882. The summed E-state index contributed by atoms with van der Waals surface area (Å²) in [5.41, 5.74) is 2.34. The maximum atomic E-state index is 12.7. The second kappa shape index (κ2) is 8.89. The van der Waals surface area contributed by atoms with Crippen LogP contribution < -0.4 is 10.2 Å². The number of hydrogen-bond donors (Lipinski definition) is 1. The molecule has 0 saturated carbocycles. The fourth-order valence-electron chi connectivity index (χ4n) is 3.24. The summed E-state index contributed by atoms with van der Waals surface area (Å²) in [6.07, 6.45) is 0.590. The number of amides is 2. The summed E-state index contributed by atoms with van der Waals surface area (Å²) in [6, 6.07) is 14.3. The van der Waals surface area contributed by atoms with Crippen LogP contribution in [0.25, 0.3) is 0 Å². The highest BCUT2D eigenvalue weighted by molar-refractivity contribution is 6.30. The SMILES string of the molecule is COC(=O)Cc1ccccc1CNC(=O)[C@H]1CCN(c2ccc(Cl)cc2)C1=O. The number of esters is 1. The lowest BCUT2D eigenvalue weighted by atomic mass is 10.0. The van der Waals surface area contributed by atoms with Crippen LogP contribution >= 0.6 is 11.6 Å². The van der Waals surface area contributed by atoms with Crippen molar-refractivity contribution in [2.75, 3.05) is 18.6 Å². The Morgan fingerprint density at radius 1 is 1.14 bits per heavy atom. The van der Waals surface area contributed by atoms with Gasteiger partial charge in [-0.05, 0) is 41.8 Å². The monoisotopic (exact) mass is 400 g/mol. The maximum absolute atomic E-state index is 12.7. The first-order valence-corrected chi connectivity index (χ1v) is 9.35. The smallest absolute Gasteiger partial charge is 0.309 e. The van der Waals surface area contributed by atoms with Crippen molar-refractivity contribution in [1.29, 1.82) is 0 Å². The number of nitrogens with one attached hydrogen (secondary N) is 1. The highest BCUT2D eigenvalue weighted by atomic mass is 35.5. The number of benzene rings is 2. The van der Waals surface area contributed by atoms with Crippen LogP contribution in [0.1, 0.15) is 17.5 Å². The van der Waals surface area contributed by atoms with Gasteiger partial charge < -0.3 is 15.0 Å². The van der Waals surface area contributed by atoms with E-state index in [9.17, 15) is 14.4 Å². The molecule has 0 aromatic heterocycles. The van der Waals surface area contributed by atoms with Crippen LogP contribution in [-0.4, -0.2) is 31.4 Å². The van der Waals surface area contributed by atoms with Gasteiger partial charge in [-0.15, -0.1) is 0 Å². The van der Waals surface area contributed by atoms with Crippen molar-refractivity contribution >= 4 is 35.1 Å². The summed E-state index contributed by atoms with van der Waals surface area (Å²) in [6.45, 7) is 0.730. The molecule has 2 aromatic rings. The highest BCUT2D eigenvalue weighted by Crippen LogP contribution is 2.26. The molecular weight excluding hydrogens is 380 g/mol. The zero-order chi connectivity index (χ0) is 20.1. The van der Waals surface area contributed by atoms with E-state index in [1.54, 1.807) is 29.2 Å². The molecule has 7 heteroatoms. The van der Waals surface area contributed by atoms with Crippen LogP contribution in [0.2, 0.25) is 5.02 Å². The zero-order valence-corrected chi connectivity index (χ0v) is 16.2. The van der Waals surface area contributed by atoms with Gasteiger partial charge in [-0.1, -0.05) is 35.9 Å². The Balaban J connectivity index is 1.62. The average molecular weight is 401 g/mol. The minimum Gasteiger partial charge on any atom is -0.469 e. The Labute approximate surface area is 168 Å².